The number of H-pyrrole nitrogens is 1. The second kappa shape index (κ2) is 9.48. The molecule has 1 atom stereocenters. The summed E-state index contributed by atoms with van der Waals surface area (Å²) in [6, 6.07) is 12.0. The lowest BCUT2D eigenvalue weighted by Gasteiger charge is -2.28. The number of esters is 1. The number of hydrogen-bond donors (Lipinski definition) is 2. The Hall–Kier alpha value is -3.99. The summed E-state index contributed by atoms with van der Waals surface area (Å²) < 4.78 is 18.9. The number of aromatic amines is 1. The van der Waals surface area contributed by atoms with Crippen LogP contribution in [0.5, 0.6) is 0 Å². The molecule has 2 heterocycles. The van der Waals surface area contributed by atoms with Gasteiger partial charge in [0.1, 0.15) is 11.6 Å². The van der Waals surface area contributed by atoms with Gasteiger partial charge in [0.2, 0.25) is 0 Å². The van der Waals surface area contributed by atoms with Crippen LogP contribution < -0.4 is 10.9 Å². The Morgan fingerprint density at radius 3 is 2.74 bits per heavy atom. The SMILES string of the molecule is COC(=O)C1=C(C)Nc2nc(SCc3ccccc3F)[nH]c(=O)c2C1c1cccc([N+](=O)[O-])c1. The molecule has 2 N–H and O–H groups in total. The molecule has 0 radical (unpaired) electrons. The van der Waals surface area contributed by atoms with Gasteiger partial charge >= 0.3 is 5.97 Å². The first-order valence-electron chi connectivity index (χ1n) is 10.1. The molecule has 1 aliphatic heterocycles. The molecule has 0 saturated heterocycles. The number of carbonyl (C=O) groups excluding carboxylic acids is 1. The zero-order chi connectivity index (χ0) is 24.4. The van der Waals surface area contributed by atoms with Crippen LogP contribution in [-0.4, -0.2) is 28.0 Å². The number of non-ortho nitro benzene ring substituents is 1. The van der Waals surface area contributed by atoms with Gasteiger partial charge in [-0.25, -0.2) is 14.2 Å². The van der Waals surface area contributed by atoms with Crippen LogP contribution in [0.25, 0.3) is 0 Å². The zero-order valence-corrected chi connectivity index (χ0v) is 18.9. The van der Waals surface area contributed by atoms with Crippen molar-refractivity contribution in [1.29, 1.82) is 0 Å². The molecule has 0 spiro atoms. The summed E-state index contributed by atoms with van der Waals surface area (Å²) in [4.78, 5) is 43.8. The first kappa shape index (κ1) is 23.2. The third-order valence-electron chi connectivity index (χ3n) is 5.36. The van der Waals surface area contributed by atoms with Crippen molar-refractivity contribution >= 4 is 29.2 Å². The summed E-state index contributed by atoms with van der Waals surface area (Å²) in [7, 11) is 1.22. The van der Waals surface area contributed by atoms with Crippen molar-refractivity contribution in [3.05, 3.63) is 103 Å². The smallest absolute Gasteiger partial charge is 0.336 e. The Morgan fingerprint density at radius 1 is 1.26 bits per heavy atom. The van der Waals surface area contributed by atoms with E-state index in [4.69, 9.17) is 4.74 Å². The highest BCUT2D eigenvalue weighted by atomic mass is 32.2. The minimum Gasteiger partial charge on any atom is -0.466 e. The van der Waals surface area contributed by atoms with Gasteiger partial charge in [-0.2, -0.15) is 0 Å². The summed E-state index contributed by atoms with van der Waals surface area (Å²) in [5.41, 5.74) is 0.797. The highest BCUT2D eigenvalue weighted by molar-refractivity contribution is 7.98. The lowest BCUT2D eigenvalue weighted by Crippen LogP contribution is -2.31. The molecule has 0 aliphatic carbocycles. The molecule has 3 aromatic rings. The Kier molecular flexibility index (Phi) is 6.46. The first-order valence-corrected chi connectivity index (χ1v) is 11.1. The van der Waals surface area contributed by atoms with Crippen LogP contribution in [0.1, 0.15) is 29.5 Å². The monoisotopic (exact) mass is 482 g/mol. The highest BCUT2D eigenvalue weighted by Crippen LogP contribution is 2.41. The van der Waals surface area contributed by atoms with Crippen molar-refractivity contribution in [2.45, 2.75) is 23.8 Å². The van der Waals surface area contributed by atoms with Gasteiger partial charge in [0.15, 0.2) is 5.16 Å². The largest absolute Gasteiger partial charge is 0.466 e. The van der Waals surface area contributed by atoms with E-state index in [1.54, 1.807) is 31.2 Å². The van der Waals surface area contributed by atoms with Gasteiger partial charge in [-0.15, -0.1) is 0 Å². The molecule has 1 aliphatic rings. The fraction of sp³-hybridized carbons (Fsp3) is 0.174. The van der Waals surface area contributed by atoms with Crippen LogP contribution in [0.4, 0.5) is 15.9 Å². The average molecular weight is 482 g/mol. The van der Waals surface area contributed by atoms with Crippen LogP contribution in [0, 0.1) is 15.9 Å². The molecule has 2 aromatic carbocycles. The molecule has 34 heavy (non-hydrogen) atoms. The molecule has 9 nitrogen and oxygen atoms in total. The van der Waals surface area contributed by atoms with Gasteiger partial charge in [-0.3, -0.25) is 14.9 Å². The number of fused-ring (bicyclic) bond motifs is 1. The van der Waals surface area contributed by atoms with Crippen molar-refractivity contribution in [3.8, 4) is 0 Å². The van der Waals surface area contributed by atoms with Gasteiger partial charge in [-0.1, -0.05) is 42.1 Å². The van der Waals surface area contributed by atoms with Crippen LogP contribution >= 0.6 is 11.8 Å². The van der Waals surface area contributed by atoms with E-state index >= 15 is 0 Å². The van der Waals surface area contributed by atoms with Gasteiger partial charge in [0, 0.05) is 23.6 Å². The highest BCUT2D eigenvalue weighted by Gasteiger charge is 2.36. The molecule has 0 amide bonds. The standard InChI is InChI=1S/C23H19FN4O5S/c1-12-17(22(30)33-2)18(13-7-5-8-15(10-13)28(31)32)19-20(25-12)26-23(27-21(19)29)34-11-14-6-3-4-9-16(14)24/h3-10,18H,11H2,1-2H3,(H2,25,26,27,29). The van der Waals surface area contributed by atoms with E-state index < -0.39 is 22.4 Å². The molecule has 0 saturated carbocycles. The maximum atomic E-state index is 14.0. The van der Waals surface area contributed by atoms with E-state index in [2.05, 4.69) is 15.3 Å². The summed E-state index contributed by atoms with van der Waals surface area (Å²) in [6.07, 6.45) is 0. The number of allylic oxidation sites excluding steroid dienone is 1. The first-order chi connectivity index (χ1) is 16.3. The van der Waals surface area contributed by atoms with Crippen LogP contribution in [-0.2, 0) is 15.3 Å². The van der Waals surface area contributed by atoms with Crippen molar-refractivity contribution in [1.82, 2.24) is 9.97 Å². The molecule has 0 fully saturated rings. The van der Waals surface area contributed by atoms with Crippen molar-refractivity contribution in [2.75, 3.05) is 12.4 Å². The summed E-state index contributed by atoms with van der Waals surface area (Å²) >= 11 is 1.15. The zero-order valence-electron chi connectivity index (χ0n) is 18.1. The number of hydrogen-bond acceptors (Lipinski definition) is 8. The lowest BCUT2D eigenvalue weighted by atomic mass is 9.82. The Bertz CT molecular complexity index is 1390. The van der Waals surface area contributed by atoms with E-state index in [1.807, 2.05) is 0 Å². The average Bonchev–Trinajstić information content (AvgIpc) is 2.82. The fourth-order valence-electron chi connectivity index (χ4n) is 3.79. The number of ether oxygens (including phenoxy) is 1. The minimum absolute atomic E-state index is 0.127. The van der Waals surface area contributed by atoms with E-state index in [-0.39, 0.29) is 39.4 Å². The number of anilines is 1. The second-order valence-corrected chi connectivity index (χ2v) is 8.42. The number of benzene rings is 2. The van der Waals surface area contributed by atoms with E-state index in [1.165, 1.54) is 31.4 Å². The van der Waals surface area contributed by atoms with Crippen LogP contribution in [0.3, 0.4) is 0 Å². The molecule has 1 unspecified atom stereocenters. The van der Waals surface area contributed by atoms with E-state index in [0.717, 1.165) is 11.8 Å². The Labute approximate surface area is 197 Å². The number of nitro benzene ring substituents is 1. The van der Waals surface area contributed by atoms with Crippen molar-refractivity contribution < 1.29 is 18.8 Å². The number of aromatic nitrogens is 2. The van der Waals surface area contributed by atoms with Crippen molar-refractivity contribution in [2.24, 2.45) is 0 Å². The maximum absolute atomic E-state index is 14.0. The number of nitrogens with zero attached hydrogens (tertiary/aromatic N) is 2. The normalized spacial score (nSPS) is 14.9. The number of carbonyl (C=O) groups is 1. The lowest BCUT2D eigenvalue weighted by molar-refractivity contribution is -0.384. The predicted molar refractivity (Wildman–Crippen MR) is 124 cm³/mol. The molecule has 174 valence electrons. The molecule has 11 heteroatoms. The van der Waals surface area contributed by atoms with Crippen molar-refractivity contribution in [3.63, 3.8) is 0 Å². The summed E-state index contributed by atoms with van der Waals surface area (Å²) in [5, 5.41) is 14.6. The number of halogens is 1. The molecule has 0 bridgehead atoms. The number of rotatable bonds is 6. The number of thioether (sulfide) groups is 1. The van der Waals surface area contributed by atoms with Gasteiger partial charge in [-0.05, 0) is 24.1 Å². The van der Waals surface area contributed by atoms with Crippen LogP contribution in [0.2, 0.25) is 0 Å². The second-order valence-electron chi connectivity index (χ2n) is 7.45. The van der Waals surface area contributed by atoms with E-state index in [9.17, 15) is 24.1 Å². The number of nitro groups is 1. The molecular formula is C23H19FN4O5S. The molecular weight excluding hydrogens is 463 g/mol. The number of methoxy groups -OCH3 is 1. The maximum Gasteiger partial charge on any atom is 0.336 e. The van der Waals surface area contributed by atoms with E-state index in [0.29, 0.717) is 16.8 Å². The van der Waals surface area contributed by atoms with Gasteiger partial charge in [0.25, 0.3) is 11.2 Å². The third kappa shape index (κ3) is 4.42. The molecule has 4 rings (SSSR count). The molecule has 1 aromatic heterocycles. The minimum atomic E-state index is -0.939. The summed E-state index contributed by atoms with van der Waals surface area (Å²) in [6.45, 7) is 1.63. The third-order valence-corrected chi connectivity index (χ3v) is 6.28. The Balaban J connectivity index is 1.80. The quantitative estimate of drug-likeness (QED) is 0.177. The van der Waals surface area contributed by atoms with Crippen LogP contribution in [0.15, 0.2) is 69.8 Å². The Morgan fingerprint density at radius 2 is 2.03 bits per heavy atom. The summed E-state index contributed by atoms with van der Waals surface area (Å²) in [5.74, 6) is -1.53. The predicted octanol–water partition coefficient (Wildman–Crippen LogP) is 4.11. The topological polar surface area (TPSA) is 127 Å². The van der Waals surface area contributed by atoms with Gasteiger partial charge in [0.05, 0.1) is 29.1 Å². The van der Waals surface area contributed by atoms with Gasteiger partial charge < -0.3 is 15.0 Å². The number of nitrogens with one attached hydrogen (secondary N) is 2. The fourth-order valence-corrected chi connectivity index (χ4v) is 4.64.